The number of ether oxygens (including phenoxy) is 1. The van der Waals surface area contributed by atoms with Gasteiger partial charge in [-0.15, -0.1) is 0 Å². The topological polar surface area (TPSA) is 24.5 Å². The summed E-state index contributed by atoms with van der Waals surface area (Å²) in [6.45, 7) is 9.26. The van der Waals surface area contributed by atoms with Gasteiger partial charge in [-0.25, -0.2) is 0 Å². The van der Waals surface area contributed by atoms with Crippen LogP contribution in [-0.4, -0.2) is 60.3 Å². The fourth-order valence-electron chi connectivity index (χ4n) is 4.45. The summed E-state index contributed by atoms with van der Waals surface area (Å²) < 4.78 is 6.18. The van der Waals surface area contributed by atoms with Gasteiger partial charge in [0.2, 0.25) is 0 Å². The molecule has 21 heavy (non-hydrogen) atoms. The summed E-state index contributed by atoms with van der Waals surface area (Å²) in [4.78, 5) is 2.78. The minimum atomic E-state index is 0.238. The molecule has 122 valence electrons. The van der Waals surface area contributed by atoms with Crippen molar-refractivity contribution in [3.8, 4) is 0 Å². The first-order valence-electron chi connectivity index (χ1n) is 8.91. The summed E-state index contributed by atoms with van der Waals surface area (Å²) in [6, 6.07) is 1.47. The first kappa shape index (κ1) is 16.1. The van der Waals surface area contributed by atoms with Gasteiger partial charge in [-0.3, -0.25) is 0 Å². The van der Waals surface area contributed by atoms with E-state index in [0.29, 0.717) is 6.04 Å². The molecule has 3 nitrogen and oxygen atoms in total. The van der Waals surface area contributed by atoms with Gasteiger partial charge in [-0.05, 0) is 70.3 Å². The lowest BCUT2D eigenvalue weighted by molar-refractivity contribution is -0.0932. The van der Waals surface area contributed by atoms with E-state index < -0.39 is 0 Å². The van der Waals surface area contributed by atoms with Crippen LogP contribution in [0.5, 0.6) is 0 Å². The SMILES string of the molecule is CCNC(C)C1CCN(C2CCOC3(CCSC3)C2)CC1. The summed E-state index contributed by atoms with van der Waals surface area (Å²) in [5.41, 5.74) is 0.238. The van der Waals surface area contributed by atoms with E-state index in [1.165, 1.54) is 56.7 Å². The Labute approximate surface area is 134 Å². The number of nitrogens with zero attached hydrogens (tertiary/aromatic N) is 1. The van der Waals surface area contributed by atoms with Crippen LogP contribution >= 0.6 is 11.8 Å². The molecule has 3 unspecified atom stereocenters. The predicted molar refractivity (Wildman–Crippen MR) is 91.1 cm³/mol. The molecule has 4 heteroatoms. The first-order valence-corrected chi connectivity index (χ1v) is 10.1. The van der Waals surface area contributed by atoms with E-state index in [4.69, 9.17) is 4.74 Å². The molecule has 0 aromatic carbocycles. The zero-order valence-corrected chi connectivity index (χ0v) is 14.6. The zero-order valence-electron chi connectivity index (χ0n) is 13.8. The van der Waals surface area contributed by atoms with E-state index in [2.05, 4.69) is 35.8 Å². The van der Waals surface area contributed by atoms with Crippen molar-refractivity contribution in [3.05, 3.63) is 0 Å². The van der Waals surface area contributed by atoms with Gasteiger partial charge in [0.05, 0.1) is 5.60 Å². The standard InChI is InChI=1S/C17H32N2OS/c1-3-18-14(2)15-4-8-19(9-5-15)16-6-10-20-17(12-16)7-11-21-13-17/h14-16,18H,3-13H2,1-2H3. The second-order valence-electron chi connectivity index (χ2n) is 7.20. The monoisotopic (exact) mass is 312 g/mol. The van der Waals surface area contributed by atoms with Gasteiger partial charge in [0, 0.05) is 24.4 Å². The number of nitrogens with one attached hydrogen (secondary N) is 1. The average Bonchev–Trinajstić information content (AvgIpc) is 2.95. The van der Waals surface area contributed by atoms with Gasteiger partial charge < -0.3 is 15.0 Å². The number of piperidine rings is 1. The van der Waals surface area contributed by atoms with Crippen molar-refractivity contribution in [2.45, 2.75) is 63.6 Å². The quantitative estimate of drug-likeness (QED) is 0.863. The summed E-state index contributed by atoms with van der Waals surface area (Å²) in [6.07, 6.45) is 6.55. The molecule has 3 atom stereocenters. The second kappa shape index (κ2) is 7.20. The average molecular weight is 313 g/mol. The third-order valence-corrected chi connectivity index (χ3v) is 7.08. The van der Waals surface area contributed by atoms with Crippen molar-refractivity contribution < 1.29 is 4.74 Å². The lowest BCUT2D eigenvalue weighted by Crippen LogP contribution is -2.52. The molecule has 0 aromatic rings. The normalized spacial score (nSPS) is 37.1. The number of likely N-dealkylation sites (tertiary alicyclic amines) is 1. The molecule has 3 aliphatic rings. The molecule has 0 saturated carbocycles. The molecule has 3 rings (SSSR count). The highest BCUT2D eigenvalue weighted by Crippen LogP contribution is 2.40. The van der Waals surface area contributed by atoms with Crippen LogP contribution in [0.1, 0.15) is 46.0 Å². The maximum atomic E-state index is 6.18. The maximum Gasteiger partial charge on any atom is 0.0795 e. The zero-order chi connectivity index (χ0) is 14.7. The number of hydrogen-bond donors (Lipinski definition) is 1. The highest BCUT2D eigenvalue weighted by molar-refractivity contribution is 7.99. The van der Waals surface area contributed by atoms with Crippen LogP contribution in [0.4, 0.5) is 0 Å². The first-order chi connectivity index (χ1) is 10.2. The molecule has 3 aliphatic heterocycles. The van der Waals surface area contributed by atoms with E-state index in [9.17, 15) is 0 Å². The number of hydrogen-bond acceptors (Lipinski definition) is 4. The molecule has 0 amide bonds. The molecular weight excluding hydrogens is 280 g/mol. The predicted octanol–water partition coefficient (Wildman–Crippen LogP) is 2.75. The van der Waals surface area contributed by atoms with Gasteiger partial charge >= 0.3 is 0 Å². The lowest BCUT2D eigenvalue weighted by Gasteiger charge is -2.45. The Bertz CT molecular complexity index is 325. The van der Waals surface area contributed by atoms with Crippen LogP contribution < -0.4 is 5.32 Å². The van der Waals surface area contributed by atoms with Crippen molar-refractivity contribution in [3.63, 3.8) is 0 Å². The van der Waals surface area contributed by atoms with Crippen molar-refractivity contribution >= 4 is 11.8 Å². The molecular formula is C17H32N2OS. The molecule has 3 saturated heterocycles. The molecule has 0 aromatic heterocycles. The Morgan fingerprint density at radius 3 is 2.81 bits per heavy atom. The third-order valence-electron chi connectivity index (χ3n) is 5.86. The summed E-state index contributed by atoms with van der Waals surface area (Å²) in [7, 11) is 0. The van der Waals surface area contributed by atoms with Gasteiger partial charge in [-0.2, -0.15) is 11.8 Å². The van der Waals surface area contributed by atoms with E-state index in [0.717, 1.165) is 25.1 Å². The summed E-state index contributed by atoms with van der Waals surface area (Å²) in [5, 5.41) is 3.61. The minimum absolute atomic E-state index is 0.238. The Hall–Kier alpha value is 0.230. The highest BCUT2D eigenvalue weighted by Gasteiger charge is 2.42. The van der Waals surface area contributed by atoms with Crippen molar-refractivity contribution in [2.75, 3.05) is 37.7 Å². The largest absolute Gasteiger partial charge is 0.374 e. The summed E-state index contributed by atoms with van der Waals surface area (Å²) in [5.74, 6) is 3.41. The van der Waals surface area contributed by atoms with E-state index in [1.54, 1.807) is 0 Å². The van der Waals surface area contributed by atoms with Crippen LogP contribution in [0.25, 0.3) is 0 Å². The van der Waals surface area contributed by atoms with Crippen molar-refractivity contribution in [1.29, 1.82) is 0 Å². The van der Waals surface area contributed by atoms with Gasteiger partial charge in [0.1, 0.15) is 0 Å². The lowest BCUT2D eigenvalue weighted by atomic mass is 9.85. The third kappa shape index (κ3) is 3.77. The van der Waals surface area contributed by atoms with E-state index in [1.807, 2.05) is 0 Å². The van der Waals surface area contributed by atoms with E-state index >= 15 is 0 Å². The van der Waals surface area contributed by atoms with Gasteiger partial charge in [0.15, 0.2) is 0 Å². The van der Waals surface area contributed by atoms with Gasteiger partial charge in [0.25, 0.3) is 0 Å². The second-order valence-corrected chi connectivity index (χ2v) is 8.31. The molecule has 3 fully saturated rings. The van der Waals surface area contributed by atoms with Crippen molar-refractivity contribution in [1.82, 2.24) is 10.2 Å². The van der Waals surface area contributed by atoms with Crippen LogP contribution in [0.2, 0.25) is 0 Å². The molecule has 0 bridgehead atoms. The minimum Gasteiger partial charge on any atom is -0.374 e. The van der Waals surface area contributed by atoms with Crippen LogP contribution in [0.15, 0.2) is 0 Å². The molecule has 0 aliphatic carbocycles. The van der Waals surface area contributed by atoms with Gasteiger partial charge in [-0.1, -0.05) is 6.92 Å². The Kier molecular flexibility index (Phi) is 5.52. The van der Waals surface area contributed by atoms with E-state index in [-0.39, 0.29) is 5.60 Å². The Morgan fingerprint density at radius 2 is 2.14 bits per heavy atom. The van der Waals surface area contributed by atoms with Crippen LogP contribution in [-0.2, 0) is 4.74 Å². The van der Waals surface area contributed by atoms with Crippen molar-refractivity contribution in [2.24, 2.45) is 5.92 Å². The fraction of sp³-hybridized carbons (Fsp3) is 1.00. The Morgan fingerprint density at radius 1 is 1.33 bits per heavy atom. The molecule has 3 heterocycles. The highest BCUT2D eigenvalue weighted by atomic mass is 32.2. The molecule has 1 spiro atoms. The van der Waals surface area contributed by atoms with Crippen LogP contribution in [0.3, 0.4) is 0 Å². The molecule has 1 N–H and O–H groups in total. The fourth-order valence-corrected chi connectivity index (χ4v) is 5.83. The smallest absolute Gasteiger partial charge is 0.0795 e. The summed E-state index contributed by atoms with van der Waals surface area (Å²) >= 11 is 2.09. The Balaban J connectivity index is 1.50. The number of rotatable bonds is 4. The number of thioether (sulfide) groups is 1. The molecule has 0 radical (unpaired) electrons. The van der Waals surface area contributed by atoms with Crippen LogP contribution in [0, 0.1) is 5.92 Å². The maximum absolute atomic E-state index is 6.18.